The van der Waals surface area contributed by atoms with Gasteiger partial charge in [-0.3, -0.25) is 4.79 Å². The molecule has 5 nitrogen and oxygen atoms in total. The minimum Gasteiger partial charge on any atom is -0.490 e. The normalized spacial score (nSPS) is 16.6. The van der Waals surface area contributed by atoms with E-state index >= 15 is 0 Å². The summed E-state index contributed by atoms with van der Waals surface area (Å²) in [7, 11) is 0. The maximum absolute atomic E-state index is 13.5. The fourth-order valence-corrected chi connectivity index (χ4v) is 4.02. The average molecular weight is 412 g/mol. The molecule has 1 fully saturated rings. The van der Waals surface area contributed by atoms with Crippen molar-refractivity contribution in [2.75, 3.05) is 32.9 Å². The van der Waals surface area contributed by atoms with Crippen LogP contribution in [0.1, 0.15) is 61.9 Å². The SMILES string of the molecule is CCOc1cc(C(=O)N2CCCCC(c3ccccc3)C2)cc(OCC)c1OCC. The van der Waals surface area contributed by atoms with E-state index in [9.17, 15) is 4.79 Å². The molecule has 0 spiro atoms. The third-order valence-corrected chi connectivity index (χ3v) is 5.39. The van der Waals surface area contributed by atoms with E-state index in [0.29, 0.717) is 48.6 Å². The van der Waals surface area contributed by atoms with Crippen LogP contribution < -0.4 is 14.2 Å². The first-order valence-electron chi connectivity index (χ1n) is 11.1. The molecule has 30 heavy (non-hydrogen) atoms. The van der Waals surface area contributed by atoms with Gasteiger partial charge in [-0.05, 0) is 51.3 Å². The topological polar surface area (TPSA) is 48.0 Å². The largest absolute Gasteiger partial charge is 0.490 e. The molecule has 0 aliphatic carbocycles. The van der Waals surface area contributed by atoms with Gasteiger partial charge in [-0.1, -0.05) is 36.8 Å². The number of amides is 1. The zero-order chi connectivity index (χ0) is 21.3. The van der Waals surface area contributed by atoms with E-state index in [2.05, 4.69) is 24.3 Å². The molecule has 2 aromatic carbocycles. The van der Waals surface area contributed by atoms with Gasteiger partial charge in [0.25, 0.3) is 5.91 Å². The molecule has 0 radical (unpaired) electrons. The highest BCUT2D eigenvalue weighted by Crippen LogP contribution is 2.39. The number of likely N-dealkylation sites (tertiary alicyclic amines) is 1. The Bertz CT molecular complexity index is 794. The van der Waals surface area contributed by atoms with E-state index in [-0.39, 0.29) is 5.91 Å². The molecule has 1 atom stereocenters. The molecule has 0 N–H and O–H groups in total. The number of carbonyl (C=O) groups excluding carboxylic acids is 1. The van der Waals surface area contributed by atoms with Crippen molar-refractivity contribution in [2.45, 2.75) is 46.0 Å². The van der Waals surface area contributed by atoms with Crippen molar-refractivity contribution in [3.05, 3.63) is 53.6 Å². The van der Waals surface area contributed by atoms with Gasteiger partial charge in [0, 0.05) is 24.6 Å². The van der Waals surface area contributed by atoms with Gasteiger partial charge in [-0.25, -0.2) is 0 Å². The van der Waals surface area contributed by atoms with Gasteiger partial charge in [-0.2, -0.15) is 0 Å². The second kappa shape index (κ2) is 10.9. The third kappa shape index (κ3) is 5.26. The van der Waals surface area contributed by atoms with Crippen molar-refractivity contribution in [3.8, 4) is 17.2 Å². The molecule has 3 rings (SSSR count). The Morgan fingerprint density at radius 1 is 0.933 bits per heavy atom. The summed E-state index contributed by atoms with van der Waals surface area (Å²) in [5, 5.41) is 0. The Morgan fingerprint density at radius 2 is 1.57 bits per heavy atom. The number of carbonyl (C=O) groups is 1. The fraction of sp³-hybridized carbons (Fsp3) is 0.480. The summed E-state index contributed by atoms with van der Waals surface area (Å²) < 4.78 is 17.4. The summed E-state index contributed by atoms with van der Waals surface area (Å²) in [6.45, 7) is 8.73. The van der Waals surface area contributed by atoms with E-state index in [1.165, 1.54) is 5.56 Å². The molecule has 0 saturated carbocycles. The van der Waals surface area contributed by atoms with Crippen LogP contribution in [0.2, 0.25) is 0 Å². The summed E-state index contributed by atoms with van der Waals surface area (Å²) in [5.74, 6) is 2.06. The van der Waals surface area contributed by atoms with Gasteiger partial charge in [0.1, 0.15) is 0 Å². The van der Waals surface area contributed by atoms with Crippen molar-refractivity contribution in [1.82, 2.24) is 4.90 Å². The monoisotopic (exact) mass is 411 g/mol. The van der Waals surface area contributed by atoms with Gasteiger partial charge in [0.15, 0.2) is 11.5 Å². The molecular formula is C25H33NO4. The lowest BCUT2D eigenvalue weighted by atomic mass is 9.94. The van der Waals surface area contributed by atoms with Gasteiger partial charge in [0.05, 0.1) is 19.8 Å². The number of hydrogen-bond acceptors (Lipinski definition) is 4. The first-order chi connectivity index (χ1) is 14.7. The van der Waals surface area contributed by atoms with Crippen molar-refractivity contribution in [3.63, 3.8) is 0 Å². The molecular weight excluding hydrogens is 378 g/mol. The highest BCUT2D eigenvalue weighted by molar-refractivity contribution is 5.95. The second-order valence-corrected chi connectivity index (χ2v) is 7.46. The Morgan fingerprint density at radius 3 is 2.17 bits per heavy atom. The fourth-order valence-electron chi connectivity index (χ4n) is 4.02. The maximum Gasteiger partial charge on any atom is 0.254 e. The highest BCUT2D eigenvalue weighted by Gasteiger charge is 2.26. The smallest absolute Gasteiger partial charge is 0.254 e. The van der Waals surface area contributed by atoms with E-state index in [1.54, 1.807) is 12.1 Å². The van der Waals surface area contributed by atoms with Gasteiger partial charge >= 0.3 is 0 Å². The summed E-state index contributed by atoms with van der Waals surface area (Å²) in [4.78, 5) is 15.5. The van der Waals surface area contributed by atoms with Crippen LogP contribution >= 0.6 is 0 Å². The van der Waals surface area contributed by atoms with Crippen molar-refractivity contribution in [2.24, 2.45) is 0 Å². The molecule has 2 aromatic rings. The number of nitrogens with zero attached hydrogens (tertiary/aromatic N) is 1. The zero-order valence-corrected chi connectivity index (χ0v) is 18.4. The predicted octanol–water partition coefficient (Wildman–Crippen LogP) is 5.29. The Balaban J connectivity index is 1.90. The van der Waals surface area contributed by atoms with Gasteiger partial charge < -0.3 is 19.1 Å². The van der Waals surface area contributed by atoms with Crippen LogP contribution in [-0.4, -0.2) is 43.7 Å². The van der Waals surface area contributed by atoms with Crippen molar-refractivity contribution in [1.29, 1.82) is 0 Å². The number of ether oxygens (including phenoxy) is 3. The summed E-state index contributed by atoms with van der Waals surface area (Å²) in [6.07, 6.45) is 3.25. The summed E-state index contributed by atoms with van der Waals surface area (Å²) >= 11 is 0. The third-order valence-electron chi connectivity index (χ3n) is 5.39. The lowest BCUT2D eigenvalue weighted by Crippen LogP contribution is -2.34. The van der Waals surface area contributed by atoms with Crippen LogP contribution in [0.4, 0.5) is 0 Å². The first kappa shape index (κ1) is 22.0. The zero-order valence-electron chi connectivity index (χ0n) is 18.4. The molecule has 1 unspecified atom stereocenters. The Labute approximate surface area is 179 Å². The van der Waals surface area contributed by atoms with Crippen LogP contribution in [0, 0.1) is 0 Å². The number of benzene rings is 2. The molecule has 1 aliphatic heterocycles. The van der Waals surface area contributed by atoms with Crippen LogP contribution in [-0.2, 0) is 0 Å². The first-order valence-corrected chi connectivity index (χ1v) is 11.1. The Hall–Kier alpha value is -2.69. The van der Waals surface area contributed by atoms with Crippen LogP contribution in [0.3, 0.4) is 0 Å². The van der Waals surface area contributed by atoms with E-state index < -0.39 is 0 Å². The molecule has 1 saturated heterocycles. The summed E-state index contributed by atoms with van der Waals surface area (Å²) in [5.41, 5.74) is 1.88. The van der Waals surface area contributed by atoms with E-state index in [0.717, 1.165) is 32.4 Å². The standard InChI is InChI=1S/C25H33NO4/c1-4-28-22-16-21(17-23(29-5-2)24(22)30-6-3)25(27)26-15-11-10-14-20(18-26)19-12-8-7-9-13-19/h7-9,12-13,16-17,20H,4-6,10-11,14-15,18H2,1-3H3. The van der Waals surface area contributed by atoms with Crippen LogP contribution in [0.15, 0.2) is 42.5 Å². The van der Waals surface area contributed by atoms with Gasteiger partial charge in [-0.15, -0.1) is 0 Å². The second-order valence-electron chi connectivity index (χ2n) is 7.46. The average Bonchev–Trinajstić information content (AvgIpc) is 3.02. The minimum absolute atomic E-state index is 0.0165. The summed E-state index contributed by atoms with van der Waals surface area (Å²) in [6, 6.07) is 14.1. The molecule has 1 heterocycles. The lowest BCUT2D eigenvalue weighted by Gasteiger charge is -2.26. The molecule has 0 bridgehead atoms. The minimum atomic E-state index is 0.0165. The quantitative estimate of drug-likeness (QED) is 0.592. The van der Waals surface area contributed by atoms with E-state index in [1.807, 2.05) is 31.7 Å². The van der Waals surface area contributed by atoms with Gasteiger partial charge in [0.2, 0.25) is 5.75 Å². The van der Waals surface area contributed by atoms with Crippen LogP contribution in [0.25, 0.3) is 0 Å². The Kier molecular flexibility index (Phi) is 8.00. The van der Waals surface area contributed by atoms with Crippen molar-refractivity contribution < 1.29 is 19.0 Å². The molecule has 5 heteroatoms. The van der Waals surface area contributed by atoms with E-state index in [4.69, 9.17) is 14.2 Å². The predicted molar refractivity (Wildman–Crippen MR) is 119 cm³/mol. The molecule has 162 valence electrons. The molecule has 1 amide bonds. The number of rotatable bonds is 8. The number of hydrogen-bond donors (Lipinski definition) is 0. The van der Waals surface area contributed by atoms with Crippen LogP contribution in [0.5, 0.6) is 17.2 Å². The lowest BCUT2D eigenvalue weighted by molar-refractivity contribution is 0.0753. The highest BCUT2D eigenvalue weighted by atomic mass is 16.5. The maximum atomic E-state index is 13.5. The van der Waals surface area contributed by atoms with Crippen molar-refractivity contribution >= 4 is 5.91 Å². The molecule has 0 aromatic heterocycles. The molecule has 1 aliphatic rings.